The predicted molar refractivity (Wildman–Crippen MR) is 54.0 cm³/mol. The summed E-state index contributed by atoms with van der Waals surface area (Å²) in [6.45, 7) is 7.98. The van der Waals surface area contributed by atoms with Crippen molar-refractivity contribution < 1.29 is 0 Å². The van der Waals surface area contributed by atoms with Crippen LogP contribution in [-0.4, -0.2) is 33.5 Å². The number of rotatable bonds is 1. The third kappa shape index (κ3) is 2.35. The van der Waals surface area contributed by atoms with Gasteiger partial charge in [-0.15, -0.1) is 0 Å². The quantitative estimate of drug-likeness (QED) is 0.549. The average Bonchev–Trinajstić information content (AvgIpc) is 2.05. The molecule has 1 aliphatic rings. The average molecular weight is 175 g/mol. The van der Waals surface area contributed by atoms with Crippen LogP contribution in [0.1, 0.15) is 13.3 Å². The highest BCUT2D eigenvalue weighted by Gasteiger charge is 2.12. The molecule has 0 unspecified atom stereocenters. The molecule has 0 N–H and O–H groups in total. The van der Waals surface area contributed by atoms with Crippen molar-refractivity contribution in [3.63, 3.8) is 0 Å². The van der Waals surface area contributed by atoms with Crippen LogP contribution in [0.4, 0.5) is 0 Å². The van der Waals surface area contributed by atoms with Crippen LogP contribution in [0.5, 0.6) is 0 Å². The van der Waals surface area contributed by atoms with Crippen LogP contribution < -0.4 is 0 Å². The van der Waals surface area contributed by atoms with Gasteiger partial charge in [-0.05, 0) is 31.0 Å². The summed E-state index contributed by atoms with van der Waals surface area (Å²) in [6, 6.07) is 0. The van der Waals surface area contributed by atoms with Gasteiger partial charge >= 0.3 is 0 Å². The molecule has 2 radical (unpaired) electrons. The topological polar surface area (TPSA) is 3.24 Å². The summed E-state index contributed by atoms with van der Waals surface area (Å²) < 4.78 is 2.25. The van der Waals surface area contributed by atoms with E-state index in [-0.39, 0.29) is 0 Å². The second kappa shape index (κ2) is 4.67. The molecular formula is C10H14AlN. The van der Waals surface area contributed by atoms with E-state index in [2.05, 4.69) is 46.0 Å². The molecule has 1 fully saturated rings. The van der Waals surface area contributed by atoms with Crippen LogP contribution in [0.2, 0.25) is 0 Å². The SMILES string of the molecule is C=C/C=C1/C[N]([Al])CC/C1=C/C. The molecule has 0 aromatic rings. The van der Waals surface area contributed by atoms with Crippen molar-refractivity contribution in [2.45, 2.75) is 13.3 Å². The lowest BCUT2D eigenvalue weighted by Crippen LogP contribution is -2.29. The minimum atomic E-state index is 1.02. The maximum absolute atomic E-state index is 3.72. The van der Waals surface area contributed by atoms with Crippen molar-refractivity contribution in [3.05, 3.63) is 36.0 Å². The highest BCUT2D eigenvalue weighted by atomic mass is 27.1. The lowest BCUT2D eigenvalue weighted by molar-refractivity contribution is 0.466. The fraction of sp³-hybridized carbons (Fsp3) is 0.400. The van der Waals surface area contributed by atoms with Crippen molar-refractivity contribution in [1.82, 2.24) is 3.88 Å². The second-order valence-corrected chi connectivity index (χ2v) is 3.69. The van der Waals surface area contributed by atoms with Crippen LogP contribution in [-0.2, 0) is 0 Å². The van der Waals surface area contributed by atoms with E-state index in [1.54, 1.807) is 0 Å². The predicted octanol–water partition coefficient (Wildman–Crippen LogP) is 1.83. The van der Waals surface area contributed by atoms with E-state index in [1.807, 2.05) is 6.08 Å². The van der Waals surface area contributed by atoms with Crippen LogP contribution in [0.25, 0.3) is 0 Å². The van der Waals surface area contributed by atoms with Crippen LogP contribution in [0.3, 0.4) is 0 Å². The Bertz CT molecular complexity index is 228. The third-order valence-electron chi connectivity index (χ3n) is 2.12. The van der Waals surface area contributed by atoms with Gasteiger partial charge in [-0.2, -0.15) is 0 Å². The molecule has 1 aliphatic heterocycles. The summed E-state index contributed by atoms with van der Waals surface area (Å²) in [4.78, 5) is 0. The molecule has 62 valence electrons. The first-order valence-corrected chi connectivity index (χ1v) is 4.76. The Labute approximate surface area is 83.1 Å². The lowest BCUT2D eigenvalue weighted by atomic mass is 9.99. The Kier molecular flexibility index (Phi) is 3.81. The van der Waals surface area contributed by atoms with Crippen LogP contribution in [0.15, 0.2) is 36.0 Å². The van der Waals surface area contributed by atoms with Gasteiger partial charge in [0.25, 0.3) is 16.5 Å². The molecule has 1 heterocycles. The standard InChI is InChI=1S/C10H14N.Al/c1-3-5-10-8-11-7-6-9(10)4-2;/h3-5H,1,6-8H2,2H3;/q-1;+1/b9-4-,10-5-;. The van der Waals surface area contributed by atoms with E-state index >= 15 is 0 Å². The highest BCUT2D eigenvalue weighted by molar-refractivity contribution is 6.04. The molecule has 0 saturated carbocycles. The van der Waals surface area contributed by atoms with Crippen molar-refractivity contribution >= 4 is 16.5 Å². The van der Waals surface area contributed by atoms with Crippen molar-refractivity contribution in [1.29, 1.82) is 0 Å². The number of hydrogen-bond acceptors (Lipinski definition) is 1. The molecule has 1 nitrogen and oxygen atoms in total. The summed E-state index contributed by atoms with van der Waals surface area (Å²) >= 11 is 2.75. The van der Waals surface area contributed by atoms with Gasteiger partial charge in [0.1, 0.15) is 0 Å². The smallest absolute Gasteiger partial charge is 0.256 e. The van der Waals surface area contributed by atoms with Gasteiger partial charge in [0, 0.05) is 6.54 Å². The molecule has 0 aliphatic carbocycles. The minimum absolute atomic E-state index is 1.02. The van der Waals surface area contributed by atoms with E-state index in [9.17, 15) is 0 Å². The minimum Gasteiger partial charge on any atom is -0.399 e. The molecule has 0 atom stereocenters. The van der Waals surface area contributed by atoms with Crippen molar-refractivity contribution in [2.75, 3.05) is 13.1 Å². The van der Waals surface area contributed by atoms with E-state index in [0.29, 0.717) is 0 Å². The van der Waals surface area contributed by atoms with Gasteiger partial charge in [-0.3, -0.25) is 0 Å². The van der Waals surface area contributed by atoms with E-state index in [4.69, 9.17) is 0 Å². The summed E-state index contributed by atoms with van der Waals surface area (Å²) in [7, 11) is 0. The number of nitrogens with zero attached hydrogens (tertiary/aromatic N) is 1. The zero-order chi connectivity index (χ0) is 8.97. The Hall–Kier alpha value is -0.288. The molecule has 0 spiro atoms. The van der Waals surface area contributed by atoms with Crippen LogP contribution >= 0.6 is 0 Å². The third-order valence-corrected chi connectivity index (χ3v) is 2.56. The fourth-order valence-electron chi connectivity index (χ4n) is 1.46. The first-order chi connectivity index (χ1) is 5.77. The molecule has 1 rings (SSSR count). The monoisotopic (exact) mass is 175 g/mol. The highest BCUT2D eigenvalue weighted by Crippen LogP contribution is 2.20. The zero-order valence-electron chi connectivity index (χ0n) is 7.59. The van der Waals surface area contributed by atoms with Gasteiger partial charge in [0.15, 0.2) is 0 Å². The number of allylic oxidation sites excluding steroid dienone is 3. The summed E-state index contributed by atoms with van der Waals surface area (Å²) in [5, 5.41) is 0. The van der Waals surface area contributed by atoms with Crippen molar-refractivity contribution in [2.24, 2.45) is 0 Å². The normalized spacial score (nSPS) is 26.4. The van der Waals surface area contributed by atoms with Gasteiger partial charge in [0.05, 0.1) is 0 Å². The molecule has 1 saturated heterocycles. The van der Waals surface area contributed by atoms with Gasteiger partial charge in [0.2, 0.25) is 0 Å². The van der Waals surface area contributed by atoms with E-state index in [1.165, 1.54) is 11.1 Å². The maximum Gasteiger partial charge on any atom is 0.256 e. The van der Waals surface area contributed by atoms with Gasteiger partial charge in [-0.25, -0.2) is 0 Å². The number of piperidine rings is 1. The number of hydrogen-bond donors (Lipinski definition) is 0. The Balaban J connectivity index is 2.78. The first kappa shape index (κ1) is 9.80. The molecule has 0 aromatic heterocycles. The largest absolute Gasteiger partial charge is 0.399 e. The Morgan fingerprint density at radius 3 is 2.83 bits per heavy atom. The first-order valence-electron chi connectivity index (χ1n) is 4.24. The lowest BCUT2D eigenvalue weighted by Gasteiger charge is -2.28. The fourth-order valence-corrected chi connectivity index (χ4v) is 1.78. The van der Waals surface area contributed by atoms with E-state index < -0.39 is 0 Å². The van der Waals surface area contributed by atoms with Crippen molar-refractivity contribution in [3.8, 4) is 0 Å². The Morgan fingerprint density at radius 1 is 1.50 bits per heavy atom. The maximum atomic E-state index is 3.72. The molecule has 0 bridgehead atoms. The van der Waals surface area contributed by atoms with Gasteiger partial charge in [-0.1, -0.05) is 24.8 Å². The second-order valence-electron chi connectivity index (χ2n) is 2.96. The Morgan fingerprint density at radius 2 is 2.25 bits per heavy atom. The van der Waals surface area contributed by atoms with Crippen LogP contribution in [0, 0.1) is 0 Å². The zero-order valence-corrected chi connectivity index (χ0v) is 8.74. The summed E-state index contributed by atoms with van der Waals surface area (Å²) in [5.41, 5.74) is 2.86. The van der Waals surface area contributed by atoms with E-state index in [0.717, 1.165) is 19.5 Å². The summed E-state index contributed by atoms with van der Waals surface area (Å²) in [6.07, 6.45) is 7.32. The molecule has 2 heteroatoms. The summed E-state index contributed by atoms with van der Waals surface area (Å²) in [5.74, 6) is 0. The molecule has 12 heavy (non-hydrogen) atoms. The molecular weight excluding hydrogens is 161 g/mol. The van der Waals surface area contributed by atoms with Gasteiger partial charge < -0.3 is 3.88 Å². The molecule has 0 amide bonds. The molecule has 0 aromatic carbocycles.